The van der Waals surface area contributed by atoms with Gasteiger partial charge in [-0.15, -0.1) is 0 Å². The quantitative estimate of drug-likeness (QED) is 0.646. The molecule has 0 saturated carbocycles. The van der Waals surface area contributed by atoms with Gasteiger partial charge in [0.2, 0.25) is 5.91 Å². The first kappa shape index (κ1) is 20.1. The Balaban J connectivity index is 1.43. The van der Waals surface area contributed by atoms with Gasteiger partial charge in [-0.2, -0.15) is 5.10 Å². The number of piperidine rings is 1. The number of carbonyl (C=O) groups excluding carboxylic acids is 1. The lowest BCUT2D eigenvalue weighted by Crippen LogP contribution is -2.30. The van der Waals surface area contributed by atoms with Crippen LogP contribution in [0.15, 0.2) is 35.2 Å². The van der Waals surface area contributed by atoms with Crippen LogP contribution < -0.4 is 10.2 Å². The highest BCUT2D eigenvalue weighted by Crippen LogP contribution is 2.22. The van der Waals surface area contributed by atoms with Crippen LogP contribution in [0.25, 0.3) is 5.82 Å². The van der Waals surface area contributed by atoms with Crippen molar-refractivity contribution < 1.29 is 9.21 Å². The molecule has 1 N–H and O–H groups in total. The van der Waals surface area contributed by atoms with Crippen molar-refractivity contribution in [3.05, 3.63) is 53.5 Å². The lowest BCUT2D eigenvalue weighted by molar-refractivity contribution is -0.121. The first-order valence-corrected chi connectivity index (χ1v) is 10.5. The lowest BCUT2D eigenvalue weighted by Gasteiger charge is -2.27. The summed E-state index contributed by atoms with van der Waals surface area (Å²) in [5.41, 5.74) is 3.01. The summed E-state index contributed by atoms with van der Waals surface area (Å²) in [5.74, 6) is 2.45. The summed E-state index contributed by atoms with van der Waals surface area (Å²) in [6.45, 7) is 6.48. The summed E-state index contributed by atoms with van der Waals surface area (Å²) < 4.78 is 7.11. The zero-order valence-electron chi connectivity index (χ0n) is 17.6. The highest BCUT2D eigenvalue weighted by atomic mass is 16.3. The van der Waals surface area contributed by atoms with Crippen LogP contribution in [-0.2, 0) is 17.8 Å². The fourth-order valence-corrected chi connectivity index (χ4v) is 3.93. The predicted molar refractivity (Wildman–Crippen MR) is 114 cm³/mol. The fourth-order valence-electron chi connectivity index (χ4n) is 3.93. The van der Waals surface area contributed by atoms with Gasteiger partial charge in [0.05, 0.1) is 18.5 Å². The van der Waals surface area contributed by atoms with Crippen molar-refractivity contribution in [3.63, 3.8) is 0 Å². The molecule has 8 nitrogen and oxygen atoms in total. The Hall–Kier alpha value is -3.16. The lowest BCUT2D eigenvalue weighted by atomic mass is 10.1. The molecule has 0 atom stereocenters. The Labute approximate surface area is 176 Å². The van der Waals surface area contributed by atoms with Gasteiger partial charge < -0.3 is 14.6 Å². The SMILES string of the molecule is Cc1nn(-c2cc(N3CCCCC3)ncn2)c(C)c1CCC(=O)NCc1ccco1. The molecule has 0 spiro atoms. The number of nitrogens with one attached hydrogen (secondary N) is 1. The molecule has 1 aliphatic rings. The first-order valence-electron chi connectivity index (χ1n) is 10.5. The molecule has 158 valence electrons. The van der Waals surface area contributed by atoms with Gasteiger partial charge in [-0.05, 0) is 57.2 Å². The second-order valence-electron chi connectivity index (χ2n) is 7.70. The molecule has 4 rings (SSSR count). The number of nitrogens with zero attached hydrogens (tertiary/aromatic N) is 5. The topological polar surface area (TPSA) is 89.1 Å². The third-order valence-corrected chi connectivity index (χ3v) is 5.62. The number of aromatic nitrogens is 4. The molecule has 8 heteroatoms. The van der Waals surface area contributed by atoms with Crippen molar-refractivity contribution in [1.82, 2.24) is 25.1 Å². The molecule has 1 amide bonds. The zero-order valence-corrected chi connectivity index (χ0v) is 17.6. The van der Waals surface area contributed by atoms with Crippen LogP contribution in [0.5, 0.6) is 0 Å². The number of anilines is 1. The smallest absolute Gasteiger partial charge is 0.220 e. The van der Waals surface area contributed by atoms with Crippen LogP contribution in [0.3, 0.4) is 0 Å². The molecule has 0 aromatic carbocycles. The molecule has 30 heavy (non-hydrogen) atoms. The van der Waals surface area contributed by atoms with Crippen LogP contribution in [0, 0.1) is 13.8 Å². The first-order chi connectivity index (χ1) is 14.6. The zero-order chi connectivity index (χ0) is 20.9. The number of hydrogen-bond donors (Lipinski definition) is 1. The van der Waals surface area contributed by atoms with E-state index in [4.69, 9.17) is 9.52 Å². The van der Waals surface area contributed by atoms with Crippen LogP contribution in [0.4, 0.5) is 5.82 Å². The summed E-state index contributed by atoms with van der Waals surface area (Å²) >= 11 is 0. The van der Waals surface area contributed by atoms with E-state index in [-0.39, 0.29) is 5.91 Å². The molecule has 1 aliphatic heterocycles. The Morgan fingerprint density at radius 3 is 2.73 bits per heavy atom. The normalized spacial score (nSPS) is 14.1. The monoisotopic (exact) mass is 408 g/mol. The summed E-state index contributed by atoms with van der Waals surface area (Å²) in [4.78, 5) is 23.4. The van der Waals surface area contributed by atoms with Crippen molar-refractivity contribution >= 4 is 11.7 Å². The molecule has 4 heterocycles. The molecule has 3 aromatic rings. The number of furan rings is 1. The average Bonchev–Trinajstić information content (AvgIpc) is 3.39. The maximum Gasteiger partial charge on any atom is 0.220 e. The molecule has 0 radical (unpaired) electrons. The molecule has 0 bridgehead atoms. The molecular weight excluding hydrogens is 380 g/mol. The molecule has 1 fully saturated rings. The molecule has 1 saturated heterocycles. The van der Waals surface area contributed by atoms with Gasteiger partial charge in [-0.25, -0.2) is 14.6 Å². The minimum absolute atomic E-state index is 0.00706. The van der Waals surface area contributed by atoms with Crippen LogP contribution in [-0.4, -0.2) is 38.7 Å². The van der Waals surface area contributed by atoms with Gasteiger partial charge in [-0.1, -0.05) is 0 Å². The van der Waals surface area contributed by atoms with Crippen molar-refractivity contribution in [2.45, 2.75) is 52.5 Å². The van der Waals surface area contributed by atoms with Crippen LogP contribution in [0.1, 0.15) is 48.4 Å². The molecule has 3 aromatic heterocycles. The van der Waals surface area contributed by atoms with E-state index in [1.807, 2.05) is 36.7 Å². The summed E-state index contributed by atoms with van der Waals surface area (Å²) in [6, 6.07) is 5.66. The number of hydrogen-bond acceptors (Lipinski definition) is 6. The fraction of sp³-hybridized carbons (Fsp3) is 0.455. The van der Waals surface area contributed by atoms with Gasteiger partial charge in [0, 0.05) is 31.3 Å². The van der Waals surface area contributed by atoms with Gasteiger partial charge in [-0.3, -0.25) is 4.79 Å². The van der Waals surface area contributed by atoms with E-state index in [2.05, 4.69) is 20.2 Å². The Bertz CT molecular complexity index is 989. The Morgan fingerprint density at radius 1 is 1.17 bits per heavy atom. The number of aryl methyl sites for hydroxylation is 1. The standard InChI is InChI=1S/C22H28N6O2/c1-16-19(8-9-22(29)23-14-18-7-6-12-30-18)17(2)28(26-16)21-13-20(24-15-25-21)27-10-4-3-5-11-27/h6-7,12-13,15H,3-5,8-11,14H2,1-2H3,(H,23,29). The Morgan fingerprint density at radius 2 is 1.97 bits per heavy atom. The van der Waals surface area contributed by atoms with E-state index in [0.717, 1.165) is 47.4 Å². The van der Waals surface area contributed by atoms with E-state index < -0.39 is 0 Å². The number of carbonyl (C=O) groups is 1. The van der Waals surface area contributed by atoms with Crippen LogP contribution >= 0.6 is 0 Å². The third-order valence-electron chi connectivity index (χ3n) is 5.62. The van der Waals surface area contributed by atoms with Gasteiger partial charge in [0.1, 0.15) is 17.9 Å². The van der Waals surface area contributed by atoms with Gasteiger partial charge in [0.15, 0.2) is 5.82 Å². The highest BCUT2D eigenvalue weighted by Gasteiger charge is 2.17. The highest BCUT2D eigenvalue weighted by molar-refractivity contribution is 5.76. The van der Waals surface area contributed by atoms with E-state index in [0.29, 0.717) is 19.4 Å². The van der Waals surface area contributed by atoms with E-state index in [1.165, 1.54) is 19.3 Å². The van der Waals surface area contributed by atoms with E-state index in [9.17, 15) is 4.79 Å². The maximum atomic E-state index is 12.2. The summed E-state index contributed by atoms with van der Waals surface area (Å²) in [5, 5.41) is 7.58. The van der Waals surface area contributed by atoms with Crippen molar-refractivity contribution in [2.75, 3.05) is 18.0 Å². The van der Waals surface area contributed by atoms with E-state index >= 15 is 0 Å². The number of rotatable bonds is 7. The third kappa shape index (κ3) is 4.53. The molecule has 0 aliphatic carbocycles. The minimum atomic E-state index is -0.00706. The van der Waals surface area contributed by atoms with Gasteiger partial charge >= 0.3 is 0 Å². The van der Waals surface area contributed by atoms with Gasteiger partial charge in [0.25, 0.3) is 0 Å². The molecular formula is C22H28N6O2. The number of amides is 1. The largest absolute Gasteiger partial charge is 0.467 e. The Kier molecular flexibility index (Phi) is 6.11. The molecule has 0 unspecified atom stereocenters. The van der Waals surface area contributed by atoms with Crippen molar-refractivity contribution in [3.8, 4) is 5.82 Å². The van der Waals surface area contributed by atoms with E-state index in [1.54, 1.807) is 12.6 Å². The maximum absolute atomic E-state index is 12.2. The summed E-state index contributed by atoms with van der Waals surface area (Å²) in [7, 11) is 0. The summed E-state index contributed by atoms with van der Waals surface area (Å²) in [6.07, 6.45) is 7.92. The minimum Gasteiger partial charge on any atom is -0.467 e. The van der Waals surface area contributed by atoms with Crippen LogP contribution in [0.2, 0.25) is 0 Å². The van der Waals surface area contributed by atoms with Crippen molar-refractivity contribution in [2.24, 2.45) is 0 Å². The predicted octanol–water partition coefficient (Wildman–Crippen LogP) is 3.11. The van der Waals surface area contributed by atoms with Crippen molar-refractivity contribution in [1.29, 1.82) is 0 Å². The second-order valence-corrected chi connectivity index (χ2v) is 7.70. The average molecular weight is 409 g/mol. The second kappa shape index (κ2) is 9.11.